The molecule has 8 heteroatoms. The maximum Gasteiger partial charge on any atom is 0.307 e. The maximum absolute atomic E-state index is 13.0. The molecule has 0 aliphatic heterocycles. The van der Waals surface area contributed by atoms with Crippen molar-refractivity contribution in [3.8, 4) is 0 Å². The minimum Gasteiger partial charge on any atom is -0.302 e. The molecule has 1 N–H and O–H groups in total. The minimum absolute atomic E-state index is 0.0887. The molecule has 2 aromatic carbocycles. The minimum atomic E-state index is -3.76. The number of nitrogens with one attached hydrogen (secondary N) is 1. The molecule has 0 bridgehead atoms. The van der Waals surface area contributed by atoms with Crippen LogP contribution in [0.5, 0.6) is 0 Å². The lowest BCUT2D eigenvalue weighted by Crippen LogP contribution is -2.26. The van der Waals surface area contributed by atoms with Crippen molar-refractivity contribution < 1.29 is 12.8 Å². The standard InChI is InChI=1S/C16H15FN2O3S2/c1-10(11-3-5-12(17)6-4-11)18-24(21,22)13-7-8-14-15(9-13)23-16(20)19(14)2/h3-10,18H,1-2H3/t10-/m0/s1. The van der Waals surface area contributed by atoms with Gasteiger partial charge in [0.05, 0.1) is 15.1 Å². The van der Waals surface area contributed by atoms with Crippen LogP contribution >= 0.6 is 11.3 Å². The Kier molecular flexibility index (Phi) is 4.29. The number of thiazole rings is 1. The van der Waals surface area contributed by atoms with E-state index < -0.39 is 16.1 Å². The quantitative estimate of drug-likeness (QED) is 0.772. The number of halogens is 1. The molecule has 0 fully saturated rings. The molecule has 5 nitrogen and oxygen atoms in total. The number of benzene rings is 2. The molecule has 24 heavy (non-hydrogen) atoms. The smallest absolute Gasteiger partial charge is 0.302 e. The average molecular weight is 366 g/mol. The largest absolute Gasteiger partial charge is 0.307 e. The summed E-state index contributed by atoms with van der Waals surface area (Å²) in [7, 11) is -2.12. The number of hydrogen-bond donors (Lipinski definition) is 1. The second-order valence-electron chi connectivity index (χ2n) is 5.45. The van der Waals surface area contributed by atoms with E-state index in [1.807, 2.05) is 0 Å². The molecule has 3 rings (SSSR count). The van der Waals surface area contributed by atoms with Crippen molar-refractivity contribution in [2.24, 2.45) is 7.05 Å². The summed E-state index contributed by atoms with van der Waals surface area (Å²) in [4.78, 5) is 11.6. The summed E-state index contributed by atoms with van der Waals surface area (Å²) < 4.78 is 42.7. The molecule has 0 saturated carbocycles. The second kappa shape index (κ2) is 6.12. The predicted molar refractivity (Wildman–Crippen MR) is 92.2 cm³/mol. The van der Waals surface area contributed by atoms with Crippen molar-refractivity contribution >= 4 is 31.6 Å². The monoisotopic (exact) mass is 366 g/mol. The number of fused-ring (bicyclic) bond motifs is 1. The summed E-state index contributed by atoms with van der Waals surface area (Å²) in [5, 5.41) is 0. The number of rotatable bonds is 4. The van der Waals surface area contributed by atoms with Gasteiger partial charge in [-0.2, -0.15) is 0 Å². The van der Waals surface area contributed by atoms with Crippen molar-refractivity contribution in [3.63, 3.8) is 0 Å². The first kappa shape index (κ1) is 16.8. The zero-order valence-electron chi connectivity index (χ0n) is 13.0. The van der Waals surface area contributed by atoms with Gasteiger partial charge in [-0.25, -0.2) is 17.5 Å². The van der Waals surface area contributed by atoms with Crippen molar-refractivity contribution in [2.75, 3.05) is 0 Å². The first-order valence-electron chi connectivity index (χ1n) is 7.15. The first-order chi connectivity index (χ1) is 11.3. The van der Waals surface area contributed by atoms with Gasteiger partial charge in [0.1, 0.15) is 5.82 Å². The van der Waals surface area contributed by atoms with E-state index >= 15 is 0 Å². The Morgan fingerprint density at radius 3 is 2.50 bits per heavy atom. The van der Waals surface area contributed by atoms with E-state index in [4.69, 9.17) is 0 Å². The second-order valence-corrected chi connectivity index (χ2v) is 8.16. The van der Waals surface area contributed by atoms with Gasteiger partial charge >= 0.3 is 4.87 Å². The molecule has 1 aromatic heterocycles. The Morgan fingerprint density at radius 1 is 1.17 bits per heavy atom. The SMILES string of the molecule is C[C@H](NS(=O)(=O)c1ccc2c(c1)sc(=O)n2C)c1ccc(F)cc1. The zero-order valence-corrected chi connectivity index (χ0v) is 14.6. The van der Waals surface area contributed by atoms with Crippen molar-refractivity contribution in [3.05, 3.63) is 63.5 Å². The number of nitrogens with zero attached hydrogens (tertiary/aromatic N) is 1. The number of aromatic nitrogens is 1. The molecule has 0 spiro atoms. The molecule has 1 heterocycles. The third-order valence-electron chi connectivity index (χ3n) is 3.78. The highest BCUT2D eigenvalue weighted by molar-refractivity contribution is 7.89. The van der Waals surface area contributed by atoms with Gasteiger partial charge in [0.25, 0.3) is 0 Å². The zero-order chi connectivity index (χ0) is 17.5. The molecular weight excluding hydrogens is 351 g/mol. The fourth-order valence-corrected chi connectivity index (χ4v) is 4.65. The lowest BCUT2D eigenvalue weighted by molar-refractivity contribution is 0.566. The van der Waals surface area contributed by atoms with Crippen LogP contribution in [0.3, 0.4) is 0 Å². The lowest BCUT2D eigenvalue weighted by atomic mass is 10.1. The van der Waals surface area contributed by atoms with Gasteiger partial charge in [-0.15, -0.1) is 0 Å². The van der Waals surface area contributed by atoms with Crippen LogP contribution in [0, 0.1) is 5.82 Å². The van der Waals surface area contributed by atoms with E-state index in [1.165, 1.54) is 41.0 Å². The van der Waals surface area contributed by atoms with Crippen LogP contribution in [-0.2, 0) is 17.1 Å². The van der Waals surface area contributed by atoms with E-state index in [1.54, 1.807) is 20.0 Å². The van der Waals surface area contributed by atoms with Gasteiger partial charge in [0, 0.05) is 13.1 Å². The van der Waals surface area contributed by atoms with E-state index in [9.17, 15) is 17.6 Å². The Bertz CT molecular complexity index is 1050. The highest BCUT2D eigenvalue weighted by Gasteiger charge is 2.19. The number of aryl methyl sites for hydroxylation is 1. The van der Waals surface area contributed by atoms with Crippen LogP contribution < -0.4 is 9.60 Å². The van der Waals surface area contributed by atoms with Gasteiger partial charge in [0.15, 0.2) is 0 Å². The summed E-state index contributed by atoms with van der Waals surface area (Å²) in [5.74, 6) is -0.377. The van der Waals surface area contributed by atoms with Gasteiger partial charge in [0.2, 0.25) is 10.0 Å². The summed E-state index contributed by atoms with van der Waals surface area (Å²) >= 11 is 0.999. The summed E-state index contributed by atoms with van der Waals surface area (Å²) in [5.41, 5.74) is 1.35. The highest BCUT2D eigenvalue weighted by atomic mass is 32.2. The van der Waals surface area contributed by atoms with Crippen molar-refractivity contribution in [2.45, 2.75) is 17.9 Å². The van der Waals surface area contributed by atoms with Gasteiger partial charge in [-0.05, 0) is 42.8 Å². The molecule has 0 aliphatic rings. The van der Waals surface area contributed by atoms with E-state index in [0.717, 1.165) is 11.3 Å². The van der Waals surface area contributed by atoms with Crippen LogP contribution in [0.1, 0.15) is 18.5 Å². The lowest BCUT2D eigenvalue weighted by Gasteiger charge is -2.14. The van der Waals surface area contributed by atoms with Crippen LogP contribution in [0.2, 0.25) is 0 Å². The molecule has 0 radical (unpaired) electrons. The molecule has 0 saturated heterocycles. The van der Waals surface area contributed by atoms with Crippen LogP contribution in [0.25, 0.3) is 10.2 Å². The summed E-state index contributed by atoms with van der Waals surface area (Å²) in [6.45, 7) is 1.68. The fourth-order valence-electron chi connectivity index (χ4n) is 2.40. The number of hydrogen-bond acceptors (Lipinski definition) is 4. The normalized spacial score (nSPS) is 13.3. The fraction of sp³-hybridized carbons (Fsp3) is 0.188. The summed E-state index contributed by atoms with van der Waals surface area (Å²) in [6, 6.07) is 9.70. The molecule has 3 aromatic rings. The molecule has 0 unspecified atom stereocenters. The Hall–Kier alpha value is -2.03. The maximum atomic E-state index is 13.0. The summed E-state index contributed by atoms with van der Waals surface area (Å²) in [6.07, 6.45) is 0. The molecule has 126 valence electrons. The van der Waals surface area contributed by atoms with Gasteiger partial charge in [-0.1, -0.05) is 23.5 Å². The van der Waals surface area contributed by atoms with Gasteiger partial charge < -0.3 is 4.57 Å². The van der Waals surface area contributed by atoms with Crippen LogP contribution in [0.4, 0.5) is 4.39 Å². The average Bonchev–Trinajstić information content (AvgIpc) is 2.82. The van der Waals surface area contributed by atoms with E-state index in [0.29, 0.717) is 15.8 Å². The Labute approximate surface area is 142 Å². The van der Waals surface area contributed by atoms with Crippen LogP contribution in [-0.4, -0.2) is 13.0 Å². The molecule has 0 amide bonds. The molecule has 0 aliphatic carbocycles. The van der Waals surface area contributed by atoms with Crippen molar-refractivity contribution in [1.82, 2.24) is 9.29 Å². The predicted octanol–water partition coefficient (Wildman–Crippen LogP) is 2.78. The highest BCUT2D eigenvalue weighted by Crippen LogP contribution is 2.23. The van der Waals surface area contributed by atoms with E-state index in [2.05, 4.69) is 4.72 Å². The van der Waals surface area contributed by atoms with Crippen molar-refractivity contribution in [1.29, 1.82) is 0 Å². The molecular formula is C16H15FN2O3S2. The Morgan fingerprint density at radius 2 is 1.83 bits per heavy atom. The third kappa shape index (κ3) is 3.12. The topological polar surface area (TPSA) is 68.2 Å². The van der Waals surface area contributed by atoms with Gasteiger partial charge in [-0.3, -0.25) is 4.79 Å². The first-order valence-corrected chi connectivity index (χ1v) is 9.45. The third-order valence-corrected chi connectivity index (χ3v) is 6.31. The molecule has 1 atom stereocenters. The Balaban J connectivity index is 1.92. The van der Waals surface area contributed by atoms with Crippen LogP contribution in [0.15, 0.2) is 52.2 Å². The number of sulfonamides is 1. The van der Waals surface area contributed by atoms with E-state index in [-0.39, 0.29) is 15.6 Å².